The number of hydrogen-bond donors (Lipinski definition) is 1. The Labute approximate surface area is 106 Å². The first-order valence-electron chi connectivity index (χ1n) is 5.16. The highest BCUT2D eigenvalue weighted by Gasteiger charge is 2.02. The summed E-state index contributed by atoms with van der Waals surface area (Å²) in [5.74, 6) is 0.616. The van der Waals surface area contributed by atoms with Crippen molar-refractivity contribution in [2.24, 2.45) is 0 Å². The van der Waals surface area contributed by atoms with Crippen LogP contribution in [-0.2, 0) is 4.74 Å². The molecule has 0 amide bonds. The number of rotatable bonds is 6. The Morgan fingerprint density at radius 2 is 2.41 bits per heavy atom. The topological polar surface area (TPSA) is 57.9 Å². The van der Waals surface area contributed by atoms with Gasteiger partial charge < -0.3 is 10.1 Å². The smallest absolute Gasteiger partial charge is 0.161 e. The molecule has 1 aromatic rings. The molecule has 0 saturated heterocycles. The molecule has 0 saturated carbocycles. The van der Waals surface area contributed by atoms with E-state index in [-0.39, 0.29) is 5.69 Å². The fourth-order valence-corrected chi connectivity index (χ4v) is 1.26. The first kappa shape index (κ1) is 13.5. The minimum absolute atomic E-state index is 0.222. The molecule has 1 N–H and O–H groups in total. The summed E-state index contributed by atoms with van der Waals surface area (Å²) in [5, 5.41) is 12.2. The van der Waals surface area contributed by atoms with Gasteiger partial charge in [0.15, 0.2) is 5.69 Å². The van der Waals surface area contributed by atoms with Crippen LogP contribution in [0.1, 0.15) is 12.6 Å². The van der Waals surface area contributed by atoms with Gasteiger partial charge in [-0.2, -0.15) is 5.26 Å². The second-order valence-electron chi connectivity index (χ2n) is 3.58. The molecular formula is C12H14ClN3O. The van der Waals surface area contributed by atoms with Gasteiger partial charge in [-0.25, -0.2) is 4.98 Å². The molecule has 0 aliphatic heterocycles. The lowest BCUT2D eigenvalue weighted by molar-refractivity contribution is 0.167. The number of nitrogens with zero attached hydrogens (tertiary/aromatic N) is 2. The molecule has 0 fully saturated rings. The van der Waals surface area contributed by atoms with Crippen molar-refractivity contribution in [1.29, 1.82) is 5.26 Å². The van der Waals surface area contributed by atoms with Crippen molar-refractivity contribution < 1.29 is 4.74 Å². The molecule has 1 rings (SSSR count). The number of hydrogen-bond acceptors (Lipinski definition) is 4. The quantitative estimate of drug-likeness (QED) is 0.624. The zero-order valence-electron chi connectivity index (χ0n) is 9.66. The fourth-order valence-electron chi connectivity index (χ4n) is 1.12. The standard InChI is InChI=1S/C12H14ClN3O/c1-9(2)8-17-6-5-15-12-4-3-10(13)11(7-14)16-12/h3-4H,1,5-6,8H2,2H3,(H,15,16). The SMILES string of the molecule is C=C(C)COCCNc1ccc(Cl)c(C#N)n1. The van der Waals surface area contributed by atoms with Crippen LogP contribution < -0.4 is 5.32 Å². The lowest BCUT2D eigenvalue weighted by atomic mass is 10.3. The number of pyridine rings is 1. The van der Waals surface area contributed by atoms with Gasteiger partial charge in [0, 0.05) is 6.54 Å². The third-order valence-electron chi connectivity index (χ3n) is 1.85. The Morgan fingerprint density at radius 3 is 3.06 bits per heavy atom. The van der Waals surface area contributed by atoms with Crippen LogP contribution in [-0.4, -0.2) is 24.7 Å². The van der Waals surface area contributed by atoms with Gasteiger partial charge in [0.2, 0.25) is 0 Å². The molecule has 1 heterocycles. The van der Waals surface area contributed by atoms with Gasteiger partial charge in [0.1, 0.15) is 11.9 Å². The lowest BCUT2D eigenvalue weighted by Crippen LogP contribution is -2.11. The molecule has 0 spiro atoms. The Morgan fingerprint density at radius 1 is 1.65 bits per heavy atom. The molecule has 90 valence electrons. The van der Waals surface area contributed by atoms with E-state index >= 15 is 0 Å². The Bertz CT molecular complexity index is 440. The summed E-state index contributed by atoms with van der Waals surface area (Å²) >= 11 is 5.77. The first-order chi connectivity index (χ1) is 8.13. The Kier molecular flexibility index (Phi) is 5.47. The molecule has 0 radical (unpaired) electrons. The third-order valence-corrected chi connectivity index (χ3v) is 2.16. The average molecular weight is 252 g/mol. The van der Waals surface area contributed by atoms with Gasteiger partial charge in [0.25, 0.3) is 0 Å². The van der Waals surface area contributed by atoms with E-state index in [1.807, 2.05) is 13.0 Å². The number of ether oxygens (including phenoxy) is 1. The molecule has 17 heavy (non-hydrogen) atoms. The molecule has 1 aromatic heterocycles. The largest absolute Gasteiger partial charge is 0.375 e. The van der Waals surface area contributed by atoms with E-state index in [0.717, 1.165) is 5.57 Å². The van der Waals surface area contributed by atoms with Crippen LogP contribution in [0.15, 0.2) is 24.3 Å². The van der Waals surface area contributed by atoms with Crippen molar-refractivity contribution in [2.45, 2.75) is 6.92 Å². The van der Waals surface area contributed by atoms with Crippen LogP contribution in [0.4, 0.5) is 5.82 Å². The summed E-state index contributed by atoms with van der Waals surface area (Å²) in [4.78, 5) is 4.05. The Balaban J connectivity index is 2.37. The van der Waals surface area contributed by atoms with E-state index in [1.54, 1.807) is 12.1 Å². The van der Waals surface area contributed by atoms with E-state index in [2.05, 4.69) is 16.9 Å². The Hall–Kier alpha value is -1.57. The van der Waals surface area contributed by atoms with E-state index in [1.165, 1.54) is 0 Å². The molecule has 0 aromatic carbocycles. The van der Waals surface area contributed by atoms with Crippen molar-refractivity contribution in [2.75, 3.05) is 25.1 Å². The lowest BCUT2D eigenvalue weighted by Gasteiger charge is -2.07. The highest BCUT2D eigenvalue weighted by Crippen LogP contribution is 2.15. The number of anilines is 1. The van der Waals surface area contributed by atoms with Gasteiger partial charge in [-0.05, 0) is 19.1 Å². The molecule has 0 aliphatic carbocycles. The van der Waals surface area contributed by atoms with Gasteiger partial charge in [-0.15, -0.1) is 0 Å². The number of nitrogens with one attached hydrogen (secondary N) is 1. The van der Waals surface area contributed by atoms with Crippen molar-refractivity contribution >= 4 is 17.4 Å². The van der Waals surface area contributed by atoms with Crippen LogP contribution in [0, 0.1) is 11.3 Å². The summed E-state index contributed by atoms with van der Waals surface area (Å²) in [5.41, 5.74) is 1.21. The van der Waals surface area contributed by atoms with E-state index in [9.17, 15) is 0 Å². The van der Waals surface area contributed by atoms with Gasteiger partial charge in [-0.1, -0.05) is 23.8 Å². The van der Waals surface area contributed by atoms with Crippen LogP contribution >= 0.6 is 11.6 Å². The zero-order valence-corrected chi connectivity index (χ0v) is 10.4. The molecular weight excluding hydrogens is 238 g/mol. The predicted molar refractivity (Wildman–Crippen MR) is 68.1 cm³/mol. The molecule has 4 nitrogen and oxygen atoms in total. The van der Waals surface area contributed by atoms with Crippen molar-refractivity contribution in [3.63, 3.8) is 0 Å². The van der Waals surface area contributed by atoms with Gasteiger partial charge in [0.05, 0.1) is 18.2 Å². The predicted octanol–water partition coefficient (Wildman–Crippen LogP) is 2.61. The van der Waals surface area contributed by atoms with Gasteiger partial charge >= 0.3 is 0 Å². The van der Waals surface area contributed by atoms with E-state index in [4.69, 9.17) is 21.6 Å². The summed E-state index contributed by atoms with van der Waals surface area (Å²) in [6.07, 6.45) is 0. The van der Waals surface area contributed by atoms with Crippen LogP contribution in [0.3, 0.4) is 0 Å². The number of halogens is 1. The second-order valence-corrected chi connectivity index (χ2v) is 3.98. The second kappa shape index (κ2) is 6.89. The molecule has 5 heteroatoms. The van der Waals surface area contributed by atoms with Crippen molar-refractivity contribution in [3.8, 4) is 6.07 Å². The van der Waals surface area contributed by atoms with Crippen molar-refractivity contribution in [3.05, 3.63) is 35.0 Å². The summed E-state index contributed by atoms with van der Waals surface area (Å²) in [6, 6.07) is 5.29. The maximum Gasteiger partial charge on any atom is 0.161 e. The fraction of sp³-hybridized carbons (Fsp3) is 0.333. The summed E-state index contributed by atoms with van der Waals surface area (Å²) in [7, 11) is 0. The summed E-state index contributed by atoms with van der Waals surface area (Å²) in [6.45, 7) is 7.37. The highest BCUT2D eigenvalue weighted by atomic mass is 35.5. The zero-order chi connectivity index (χ0) is 12.7. The molecule has 0 atom stereocenters. The number of nitriles is 1. The highest BCUT2D eigenvalue weighted by molar-refractivity contribution is 6.31. The normalized spacial score (nSPS) is 9.71. The van der Waals surface area contributed by atoms with E-state index < -0.39 is 0 Å². The maximum atomic E-state index is 8.75. The van der Waals surface area contributed by atoms with Crippen LogP contribution in [0.5, 0.6) is 0 Å². The summed E-state index contributed by atoms with van der Waals surface area (Å²) < 4.78 is 5.32. The first-order valence-corrected chi connectivity index (χ1v) is 5.54. The van der Waals surface area contributed by atoms with Crippen LogP contribution in [0.25, 0.3) is 0 Å². The van der Waals surface area contributed by atoms with Crippen LogP contribution in [0.2, 0.25) is 5.02 Å². The average Bonchev–Trinajstić information content (AvgIpc) is 2.30. The monoisotopic (exact) mass is 251 g/mol. The van der Waals surface area contributed by atoms with Crippen molar-refractivity contribution in [1.82, 2.24) is 4.98 Å². The number of aromatic nitrogens is 1. The van der Waals surface area contributed by atoms with E-state index in [0.29, 0.717) is 30.6 Å². The van der Waals surface area contributed by atoms with Gasteiger partial charge in [-0.3, -0.25) is 0 Å². The minimum atomic E-state index is 0.222. The third kappa shape index (κ3) is 4.85. The maximum absolute atomic E-state index is 8.75. The molecule has 0 aliphatic rings. The minimum Gasteiger partial charge on any atom is -0.375 e. The molecule has 0 bridgehead atoms. The molecule has 0 unspecified atom stereocenters.